The lowest BCUT2D eigenvalue weighted by Gasteiger charge is -2.29. The van der Waals surface area contributed by atoms with Crippen molar-refractivity contribution in [3.05, 3.63) is 0 Å². The molecule has 6 heteroatoms. The first-order valence-electron chi connectivity index (χ1n) is 7.47. The number of rotatable bonds is 4. The van der Waals surface area contributed by atoms with E-state index in [1.54, 1.807) is 11.9 Å². The Morgan fingerprint density at radius 2 is 1.90 bits per heavy atom. The SMILES string of the molecule is CC1CCN(C(=O)N(C)CCN2CCCC2)C1C(=O)O. The molecule has 2 atom stereocenters. The van der Waals surface area contributed by atoms with Crippen molar-refractivity contribution in [2.45, 2.75) is 32.2 Å². The maximum atomic E-state index is 12.4. The van der Waals surface area contributed by atoms with E-state index in [1.807, 2.05) is 6.92 Å². The molecule has 2 fully saturated rings. The fourth-order valence-corrected chi connectivity index (χ4v) is 3.15. The summed E-state index contributed by atoms with van der Waals surface area (Å²) in [6.45, 7) is 6.21. The van der Waals surface area contributed by atoms with E-state index in [2.05, 4.69) is 4.90 Å². The maximum Gasteiger partial charge on any atom is 0.326 e. The lowest BCUT2D eigenvalue weighted by Crippen LogP contribution is -2.49. The molecule has 2 aliphatic heterocycles. The van der Waals surface area contributed by atoms with E-state index in [9.17, 15) is 14.7 Å². The second-order valence-electron chi connectivity index (χ2n) is 6.00. The van der Waals surface area contributed by atoms with Gasteiger partial charge in [0.15, 0.2) is 0 Å². The highest BCUT2D eigenvalue weighted by Crippen LogP contribution is 2.25. The molecule has 2 saturated heterocycles. The minimum atomic E-state index is -0.892. The quantitative estimate of drug-likeness (QED) is 0.833. The fourth-order valence-electron chi connectivity index (χ4n) is 3.15. The standard InChI is InChI=1S/C14H25N3O3/c1-11-5-8-17(12(11)13(18)19)14(20)15(2)9-10-16-6-3-4-7-16/h11-12H,3-10H2,1-2H3,(H,18,19). The van der Waals surface area contributed by atoms with Crippen LogP contribution in [-0.2, 0) is 4.79 Å². The number of nitrogens with zero attached hydrogens (tertiary/aromatic N) is 3. The van der Waals surface area contributed by atoms with Crippen LogP contribution in [0.15, 0.2) is 0 Å². The van der Waals surface area contributed by atoms with Crippen LogP contribution in [0.2, 0.25) is 0 Å². The molecular weight excluding hydrogens is 258 g/mol. The van der Waals surface area contributed by atoms with Crippen molar-refractivity contribution in [3.8, 4) is 0 Å². The van der Waals surface area contributed by atoms with Crippen molar-refractivity contribution in [1.82, 2.24) is 14.7 Å². The summed E-state index contributed by atoms with van der Waals surface area (Å²) < 4.78 is 0. The molecule has 6 nitrogen and oxygen atoms in total. The summed E-state index contributed by atoms with van der Waals surface area (Å²) in [5.41, 5.74) is 0. The lowest BCUT2D eigenvalue weighted by molar-refractivity contribution is -0.142. The van der Waals surface area contributed by atoms with Gasteiger partial charge in [0, 0.05) is 26.7 Å². The van der Waals surface area contributed by atoms with Crippen LogP contribution >= 0.6 is 0 Å². The number of amides is 2. The Balaban J connectivity index is 1.87. The van der Waals surface area contributed by atoms with Crippen LogP contribution < -0.4 is 0 Å². The highest BCUT2D eigenvalue weighted by atomic mass is 16.4. The molecule has 1 N–H and O–H groups in total. The van der Waals surface area contributed by atoms with E-state index >= 15 is 0 Å². The van der Waals surface area contributed by atoms with Crippen molar-refractivity contribution in [1.29, 1.82) is 0 Å². The fraction of sp³-hybridized carbons (Fsp3) is 0.857. The zero-order valence-electron chi connectivity index (χ0n) is 12.4. The number of carbonyl (C=O) groups is 2. The average molecular weight is 283 g/mol. The van der Waals surface area contributed by atoms with Gasteiger partial charge in [-0.2, -0.15) is 0 Å². The van der Waals surface area contributed by atoms with Crippen molar-refractivity contribution in [3.63, 3.8) is 0 Å². The molecule has 0 radical (unpaired) electrons. The molecule has 2 aliphatic rings. The topological polar surface area (TPSA) is 64.1 Å². The third-order valence-electron chi connectivity index (χ3n) is 4.48. The summed E-state index contributed by atoms with van der Waals surface area (Å²) in [6.07, 6.45) is 3.24. The van der Waals surface area contributed by atoms with Crippen molar-refractivity contribution < 1.29 is 14.7 Å². The first-order valence-corrected chi connectivity index (χ1v) is 7.47. The number of likely N-dealkylation sites (tertiary alicyclic amines) is 2. The van der Waals surface area contributed by atoms with Gasteiger partial charge in [0.05, 0.1) is 0 Å². The van der Waals surface area contributed by atoms with E-state index in [0.717, 1.165) is 26.1 Å². The Hall–Kier alpha value is -1.30. The minimum Gasteiger partial charge on any atom is -0.480 e. The molecule has 0 aromatic heterocycles. The van der Waals surface area contributed by atoms with Crippen LogP contribution in [0, 0.1) is 5.92 Å². The Kier molecular flexibility index (Phi) is 4.86. The van der Waals surface area contributed by atoms with Gasteiger partial charge in [-0.3, -0.25) is 0 Å². The van der Waals surface area contributed by atoms with Gasteiger partial charge in [-0.15, -0.1) is 0 Å². The zero-order valence-corrected chi connectivity index (χ0v) is 12.4. The van der Waals surface area contributed by atoms with Gasteiger partial charge in [-0.25, -0.2) is 9.59 Å². The van der Waals surface area contributed by atoms with Crippen molar-refractivity contribution in [2.75, 3.05) is 39.8 Å². The summed E-state index contributed by atoms with van der Waals surface area (Å²) in [4.78, 5) is 29.2. The number of aliphatic carboxylic acids is 1. The summed E-state index contributed by atoms with van der Waals surface area (Å²) in [6, 6.07) is -0.822. The summed E-state index contributed by atoms with van der Waals surface area (Å²) >= 11 is 0. The normalized spacial score (nSPS) is 27.0. The van der Waals surface area contributed by atoms with Gasteiger partial charge in [-0.05, 0) is 38.3 Å². The van der Waals surface area contributed by atoms with Crippen LogP contribution in [0.5, 0.6) is 0 Å². The molecule has 2 unspecified atom stereocenters. The Labute approximate surface area is 120 Å². The Bertz CT molecular complexity index is 369. The van der Waals surface area contributed by atoms with Crippen LogP contribution in [0.25, 0.3) is 0 Å². The van der Waals surface area contributed by atoms with Gasteiger partial charge in [0.25, 0.3) is 0 Å². The number of carboxylic acid groups (broad SMARTS) is 1. The monoisotopic (exact) mass is 283 g/mol. The third-order valence-corrected chi connectivity index (χ3v) is 4.48. The van der Waals surface area contributed by atoms with E-state index in [4.69, 9.17) is 0 Å². The molecule has 114 valence electrons. The first-order chi connectivity index (χ1) is 9.50. The van der Waals surface area contributed by atoms with Crippen LogP contribution in [0.3, 0.4) is 0 Å². The molecule has 0 aromatic carbocycles. The van der Waals surface area contributed by atoms with Crippen LogP contribution in [-0.4, -0.2) is 77.6 Å². The van der Waals surface area contributed by atoms with E-state index in [-0.39, 0.29) is 11.9 Å². The van der Waals surface area contributed by atoms with Crippen molar-refractivity contribution >= 4 is 12.0 Å². The molecule has 2 heterocycles. The first kappa shape index (κ1) is 15.1. The molecule has 0 saturated carbocycles. The number of urea groups is 1. The molecule has 2 amide bonds. The van der Waals surface area contributed by atoms with Gasteiger partial charge < -0.3 is 19.8 Å². The predicted octanol–water partition coefficient (Wildman–Crippen LogP) is 0.929. The lowest BCUT2D eigenvalue weighted by atomic mass is 10.0. The van der Waals surface area contributed by atoms with E-state index < -0.39 is 12.0 Å². The third kappa shape index (κ3) is 3.23. The zero-order chi connectivity index (χ0) is 14.7. The number of carbonyl (C=O) groups excluding carboxylic acids is 1. The highest BCUT2D eigenvalue weighted by molar-refractivity contribution is 5.83. The largest absolute Gasteiger partial charge is 0.480 e. The molecular formula is C14H25N3O3. The number of carboxylic acids is 1. The average Bonchev–Trinajstić information content (AvgIpc) is 3.03. The Morgan fingerprint density at radius 3 is 2.50 bits per heavy atom. The van der Waals surface area contributed by atoms with Gasteiger partial charge in [0.2, 0.25) is 0 Å². The summed E-state index contributed by atoms with van der Waals surface area (Å²) in [5, 5.41) is 9.27. The maximum absolute atomic E-state index is 12.4. The smallest absolute Gasteiger partial charge is 0.326 e. The van der Waals surface area contributed by atoms with E-state index in [0.29, 0.717) is 13.1 Å². The van der Waals surface area contributed by atoms with Gasteiger partial charge in [0.1, 0.15) is 6.04 Å². The molecule has 0 spiro atoms. The molecule has 2 rings (SSSR count). The van der Waals surface area contributed by atoms with Gasteiger partial charge in [-0.1, -0.05) is 6.92 Å². The second-order valence-corrected chi connectivity index (χ2v) is 6.00. The summed E-state index contributed by atoms with van der Waals surface area (Å²) in [5.74, 6) is -0.861. The minimum absolute atomic E-state index is 0.0310. The number of hydrogen-bond donors (Lipinski definition) is 1. The number of hydrogen-bond acceptors (Lipinski definition) is 3. The molecule has 0 aromatic rings. The Morgan fingerprint density at radius 1 is 1.25 bits per heavy atom. The molecule has 0 bridgehead atoms. The summed E-state index contributed by atoms with van der Waals surface area (Å²) in [7, 11) is 1.76. The predicted molar refractivity (Wildman–Crippen MR) is 75.6 cm³/mol. The van der Waals surface area contributed by atoms with Crippen LogP contribution in [0.4, 0.5) is 4.79 Å². The van der Waals surface area contributed by atoms with Crippen molar-refractivity contribution in [2.24, 2.45) is 5.92 Å². The molecule has 20 heavy (non-hydrogen) atoms. The highest BCUT2D eigenvalue weighted by Gasteiger charge is 2.40. The second kappa shape index (κ2) is 6.43. The van der Waals surface area contributed by atoms with E-state index in [1.165, 1.54) is 17.7 Å². The molecule has 0 aliphatic carbocycles. The van der Waals surface area contributed by atoms with Gasteiger partial charge >= 0.3 is 12.0 Å². The number of likely N-dealkylation sites (N-methyl/N-ethyl adjacent to an activating group) is 1. The van der Waals surface area contributed by atoms with Crippen LogP contribution in [0.1, 0.15) is 26.2 Å².